The number of amidine groups is 3. The molecule has 7 amide bonds. The molecular weight excluding hydrogens is 1840 g/mol. The van der Waals surface area contributed by atoms with E-state index in [1.165, 1.54) is 171 Å². The number of urea groups is 3. The Morgan fingerprint density at radius 3 is 1.23 bits per heavy atom. The first kappa shape index (κ1) is 107. The molecule has 5 aliphatic rings. The van der Waals surface area contributed by atoms with Crippen LogP contribution in [0, 0.1) is 50.6 Å². The lowest BCUT2D eigenvalue weighted by Gasteiger charge is -2.40. The highest BCUT2D eigenvalue weighted by Gasteiger charge is 2.48. The van der Waals surface area contributed by atoms with E-state index >= 15 is 0 Å². The third-order valence-electron chi connectivity index (χ3n) is 22.7. The fourth-order valence-electron chi connectivity index (χ4n) is 15.5. The van der Waals surface area contributed by atoms with Gasteiger partial charge in [0.25, 0.3) is 34.5 Å². The third-order valence-corrected chi connectivity index (χ3v) is 22.7. The predicted octanol–water partition coefficient (Wildman–Crippen LogP) is 14.2. The Labute approximate surface area is 807 Å². The van der Waals surface area contributed by atoms with Crippen molar-refractivity contribution in [3.05, 3.63) is 347 Å². The number of nitro groups is 5. The lowest BCUT2D eigenvalue weighted by atomic mass is 9.72. The van der Waals surface area contributed by atoms with Crippen LogP contribution >= 0.6 is 0 Å². The summed E-state index contributed by atoms with van der Waals surface area (Å²) in [6.07, 6.45) is 0.747. The van der Waals surface area contributed by atoms with Crippen molar-refractivity contribution in [3.63, 3.8) is 0 Å². The number of methoxy groups -OCH3 is 8. The minimum Gasteiger partial charge on any atom is -0.468 e. The van der Waals surface area contributed by atoms with E-state index in [-0.39, 0.29) is 105 Å². The van der Waals surface area contributed by atoms with Crippen LogP contribution in [0.25, 0.3) is 0 Å². The number of esters is 5. The molecule has 8 aromatic carbocycles. The molecule has 0 spiro atoms. The standard InChI is InChI=1S/C30H35N5O8.C23H24N4O6.C21H18N4O9.C14H15N3O5.C8H11N/c1-20-24(26(36)42-2)25(21-10-12-23(13-11-21)35(40)41)34(29(39)32-20)28(38)31-16-7-17-33-18-14-30(15-19-33,27(37)43-3)22-8-5-4-6-9-22;1-14(16-8-6-5-7-9-16)24-22(29)26-20(17-10-12-18(13-11-17)27(30)31)19(21(28)32-3)15(2)25-23(26)33-4;1-12-17(19(26)32-2)18(13-4-6-14(7-5-13)24(28)29)23(20(22-12)33-3)21(27)34-16-10-8-15(9-11-16)25(30)31;1-8-11(13(18)21-2)12(16-14(15-8)22-3)9-4-6-10(7-5-9)17(19)20;1-7(9)8-5-3-2-4-6-8/h4-6,8-13,25H,7,14-19H2,1-3H3,(H,31,38)(H,32,39);5-14,20H,1-4H3,(H,24,29);4-11,18H,1-3H3;4-7,12H,1-3H3,(H,15,16);2-7H,9H2,1H3. The molecule has 45 nitrogen and oxygen atoms in total. The van der Waals surface area contributed by atoms with Gasteiger partial charge in [-0.1, -0.05) is 91.0 Å². The number of benzene rings is 8. The molecule has 5 heterocycles. The van der Waals surface area contributed by atoms with Crippen LogP contribution < -0.4 is 31.7 Å². The molecule has 6 N–H and O–H groups in total. The second-order valence-electron chi connectivity index (χ2n) is 31.3. The normalized spacial score (nSPS) is 16.7. The maximum atomic E-state index is 13.4. The average molecular weight is 1940 g/mol. The number of nitrogens with one attached hydrogen (secondary N) is 4. The highest BCUT2D eigenvalue weighted by molar-refractivity contribution is 6.04. The van der Waals surface area contributed by atoms with Crippen molar-refractivity contribution in [3.8, 4) is 5.75 Å². The number of allylic oxidation sites excluding steroid dienone is 4. The highest BCUT2D eigenvalue weighted by Crippen LogP contribution is 2.43. The molecule has 45 heteroatoms. The van der Waals surface area contributed by atoms with Gasteiger partial charge in [0, 0.05) is 84.6 Å². The molecule has 0 aromatic heterocycles. The van der Waals surface area contributed by atoms with Crippen LogP contribution in [0.4, 0.5) is 47.6 Å². The van der Waals surface area contributed by atoms with E-state index < -0.39 is 102 Å². The van der Waals surface area contributed by atoms with E-state index in [0.717, 1.165) is 40.2 Å². The molecule has 6 unspecified atom stereocenters. The molecule has 141 heavy (non-hydrogen) atoms. The summed E-state index contributed by atoms with van der Waals surface area (Å²) < 4.78 is 45.7. The number of likely N-dealkylation sites (tertiary alicyclic amines) is 1. The van der Waals surface area contributed by atoms with Gasteiger partial charge in [-0.25, -0.2) is 68.0 Å². The van der Waals surface area contributed by atoms with Crippen LogP contribution in [0.15, 0.2) is 272 Å². The number of nitrogens with zero attached hydrogens (tertiary/aromatic N) is 12. The monoisotopic (exact) mass is 1940 g/mol. The lowest BCUT2D eigenvalue weighted by Crippen LogP contribution is -2.54. The number of carbonyl (C=O) groups excluding carboxylic acids is 9. The number of rotatable bonds is 23. The molecular formula is C96H103N17O28. The highest BCUT2D eigenvalue weighted by atomic mass is 16.6. The summed E-state index contributed by atoms with van der Waals surface area (Å²) in [7, 11) is 10.3. The smallest absolute Gasteiger partial charge is 0.424 e. The molecule has 1 fully saturated rings. The van der Waals surface area contributed by atoms with E-state index in [9.17, 15) is 93.7 Å². The maximum absolute atomic E-state index is 13.4. The first-order valence-electron chi connectivity index (χ1n) is 43.1. The predicted molar refractivity (Wildman–Crippen MR) is 508 cm³/mol. The zero-order valence-corrected chi connectivity index (χ0v) is 79.0. The zero-order chi connectivity index (χ0) is 103. The first-order chi connectivity index (χ1) is 67.3. The number of carbonyl (C=O) groups is 9. The molecule has 6 atom stereocenters. The molecule has 5 aliphatic heterocycles. The van der Waals surface area contributed by atoms with E-state index in [2.05, 4.69) is 41.1 Å². The third kappa shape index (κ3) is 26.4. The van der Waals surface area contributed by atoms with Crippen LogP contribution in [0.5, 0.6) is 5.75 Å². The van der Waals surface area contributed by atoms with Gasteiger partial charge in [-0.05, 0) is 180 Å². The fourth-order valence-corrected chi connectivity index (χ4v) is 15.5. The fraction of sp³-hybridized carbons (Fsp3) is 0.292. The van der Waals surface area contributed by atoms with Gasteiger partial charge in [0.05, 0.1) is 127 Å². The molecule has 0 saturated carbocycles. The second-order valence-corrected chi connectivity index (χ2v) is 31.3. The van der Waals surface area contributed by atoms with Crippen molar-refractivity contribution < 1.29 is 110 Å². The van der Waals surface area contributed by atoms with Crippen molar-refractivity contribution in [1.82, 2.24) is 40.9 Å². The van der Waals surface area contributed by atoms with Gasteiger partial charge >= 0.3 is 66.1 Å². The number of nitrogens with two attached hydrogens (primary N) is 1. The van der Waals surface area contributed by atoms with Crippen LogP contribution in [0.1, 0.15) is 136 Å². The molecule has 740 valence electrons. The van der Waals surface area contributed by atoms with Crippen molar-refractivity contribution >= 4 is 101 Å². The Morgan fingerprint density at radius 2 is 0.830 bits per heavy atom. The molecule has 0 bridgehead atoms. The summed E-state index contributed by atoms with van der Waals surface area (Å²) in [5.41, 5.74) is 10.7. The SMILES string of the molecule is CC(N)c1ccccc1.COC(=O)C1=C(C)N=C(OC)N(C(=O)NC(C)c2ccccc2)C1c1ccc([N+](=O)[O-])cc1.COC(=O)C1=C(C)N=C(OC)N(C(=O)Oc2ccc([N+](=O)[O-])cc2)C1c1ccc([N+](=O)[O-])cc1.COC(=O)C1=C(C)NC(=O)N(C(=O)NCCCN2CCC(C(=O)OC)(c3ccccc3)CC2)C1c1ccc([N+](=O)[O-])cc1.COC(=O)C1=C(C)NC(OC)=NC1c1ccc([N+](=O)[O-])cc1. The topological polar surface area (TPSA) is 577 Å². The van der Waals surface area contributed by atoms with Crippen molar-refractivity contribution in [2.45, 2.75) is 102 Å². The summed E-state index contributed by atoms with van der Waals surface area (Å²) in [6, 6.07) is 49.6. The van der Waals surface area contributed by atoms with E-state index in [4.69, 9.17) is 48.4 Å². The quantitative estimate of drug-likeness (QED) is 0.0130. The Hall–Kier alpha value is -17.5. The molecule has 0 radical (unpaired) electrons. The maximum Gasteiger partial charge on any atom is 0.424 e. The Kier molecular flexibility index (Phi) is 37.9. The molecule has 1 saturated heterocycles. The summed E-state index contributed by atoms with van der Waals surface area (Å²) in [5.74, 6) is -2.99. The average Bonchev–Trinajstić information content (AvgIpc) is 0.767. The first-order valence-corrected chi connectivity index (χ1v) is 43.1. The van der Waals surface area contributed by atoms with Gasteiger partial charge < -0.3 is 74.5 Å². The number of imide groups is 1. The van der Waals surface area contributed by atoms with Gasteiger partial charge in [-0.3, -0.25) is 55.4 Å². The van der Waals surface area contributed by atoms with Gasteiger partial charge in [-0.15, -0.1) is 0 Å². The number of aliphatic imine (C=N–C) groups is 3. The number of non-ortho nitro benzene ring substituents is 5. The van der Waals surface area contributed by atoms with Crippen LogP contribution in [-0.4, -0.2) is 199 Å². The largest absolute Gasteiger partial charge is 0.468 e. The minimum absolute atomic E-state index is 0.0144. The number of hydrogen-bond donors (Lipinski definition) is 5. The summed E-state index contributed by atoms with van der Waals surface area (Å²) >= 11 is 0. The van der Waals surface area contributed by atoms with Crippen molar-refractivity contribution in [1.29, 1.82) is 0 Å². The van der Waals surface area contributed by atoms with E-state index in [1.54, 1.807) is 26.0 Å². The van der Waals surface area contributed by atoms with E-state index in [1.807, 2.05) is 105 Å². The minimum atomic E-state index is -1.16. The van der Waals surface area contributed by atoms with Crippen molar-refractivity contribution in [2.75, 3.05) is 83.1 Å². The van der Waals surface area contributed by atoms with Crippen LogP contribution in [0.3, 0.4) is 0 Å². The number of hydrogen-bond acceptors (Lipinski definition) is 34. The summed E-state index contributed by atoms with van der Waals surface area (Å²) in [5, 5.41) is 65.9. The van der Waals surface area contributed by atoms with Gasteiger partial charge in [0.2, 0.25) is 0 Å². The van der Waals surface area contributed by atoms with Gasteiger partial charge in [0.1, 0.15) is 29.9 Å². The lowest BCUT2D eigenvalue weighted by molar-refractivity contribution is -0.385. The zero-order valence-electron chi connectivity index (χ0n) is 79.0. The van der Waals surface area contributed by atoms with Gasteiger partial charge in [-0.2, -0.15) is 0 Å². The number of amides is 7. The van der Waals surface area contributed by atoms with Crippen LogP contribution in [0.2, 0.25) is 0 Å². The number of piperidine rings is 1. The van der Waals surface area contributed by atoms with E-state index in [0.29, 0.717) is 78.1 Å². The molecule has 8 aromatic rings. The Bertz CT molecular complexity index is 6170. The van der Waals surface area contributed by atoms with Crippen LogP contribution in [-0.2, 0) is 67.3 Å². The number of ether oxygens (including phenoxy) is 9. The second kappa shape index (κ2) is 49.8. The summed E-state index contributed by atoms with van der Waals surface area (Å²) in [4.78, 5) is 186. The van der Waals surface area contributed by atoms with Gasteiger partial charge in [0.15, 0.2) is 0 Å². The van der Waals surface area contributed by atoms with Crippen molar-refractivity contribution in [2.24, 2.45) is 20.7 Å². The Morgan fingerprint density at radius 1 is 0.454 bits per heavy atom. The number of nitro benzene ring substituents is 5. The summed E-state index contributed by atoms with van der Waals surface area (Å²) in [6.45, 7) is 12.4. The molecule has 0 aliphatic carbocycles. The molecule has 13 rings (SSSR count). The Balaban J connectivity index is 0.000000207.